The van der Waals surface area contributed by atoms with Gasteiger partial charge in [0.1, 0.15) is 0 Å². The van der Waals surface area contributed by atoms with Gasteiger partial charge in [-0.3, -0.25) is 13.2 Å². The Hall–Kier alpha value is 5.96. The van der Waals surface area contributed by atoms with Crippen LogP contribution in [0.15, 0.2) is 0 Å². The average Bonchev–Trinajstić information content (AvgIpc) is 2.18. The van der Waals surface area contributed by atoms with Crippen molar-refractivity contribution in [1.29, 1.82) is 0 Å². The molecular weight excluding hydrogens is 843 g/mol. The van der Waals surface area contributed by atoms with Gasteiger partial charge in [-0.15, -0.1) is 0 Å². The standard InChI is InChI=1S/5Na.H5O10P3.5H3O4P/c;;;;;1-11(2,3)9-13(7,8)10-12(4,5)6;5*1-5(2,3)4/h;;;;;(H,7,8)(H2,1,2,3)(H2,4,5,6);5*(H3,1,2,3,4)/q5*+1;;;;;;/p-5. The van der Waals surface area contributed by atoms with E-state index in [1.807, 2.05) is 0 Å². The summed E-state index contributed by atoms with van der Waals surface area (Å²) in [4.78, 5) is 156. The molecule has 0 saturated heterocycles. The van der Waals surface area contributed by atoms with Gasteiger partial charge in [0.05, 0.1) is 15.6 Å². The van der Waals surface area contributed by atoms with E-state index in [1.165, 1.54) is 0 Å². The van der Waals surface area contributed by atoms with E-state index in [2.05, 4.69) is 8.62 Å². The predicted octanol–water partition coefficient (Wildman–Crippen LogP) is -23.5. The second kappa shape index (κ2) is 33.8. The third-order valence-corrected chi connectivity index (χ3v) is 3.60. The van der Waals surface area contributed by atoms with Gasteiger partial charge in [0, 0.05) is 0 Å². The second-order valence-corrected chi connectivity index (χ2v) is 13.2. The van der Waals surface area contributed by atoms with Crippen molar-refractivity contribution in [2.75, 3.05) is 0 Å². The maximum absolute atomic E-state index is 10.1. The van der Waals surface area contributed by atoms with Crippen LogP contribution in [0.5, 0.6) is 0 Å². The van der Waals surface area contributed by atoms with Gasteiger partial charge >= 0.3 is 187 Å². The number of hydrogen-bond acceptors (Lipinski definition) is 15. The van der Waals surface area contributed by atoms with Crippen LogP contribution in [0.2, 0.25) is 0 Å². The van der Waals surface area contributed by atoms with Crippen molar-refractivity contribution in [2.24, 2.45) is 0 Å². The predicted molar refractivity (Wildman–Crippen MR) is 96.3 cm³/mol. The first-order valence-electron chi connectivity index (χ1n) is 6.10. The number of phosphoric acid groups is 8. The molecule has 0 spiro atoms. The zero-order valence-electron chi connectivity index (χ0n) is 21.4. The summed E-state index contributed by atoms with van der Waals surface area (Å²) in [6.45, 7) is 0. The van der Waals surface area contributed by atoms with Crippen molar-refractivity contribution >= 4 is 62.6 Å². The van der Waals surface area contributed by atoms with Crippen molar-refractivity contribution in [1.82, 2.24) is 0 Å². The molecule has 0 saturated carbocycles. The van der Waals surface area contributed by atoms with Gasteiger partial charge in [0.15, 0.2) is 0 Å². The largest absolute Gasteiger partial charge is 1.00 e. The van der Waals surface area contributed by atoms with Crippen LogP contribution in [0.4, 0.5) is 0 Å². The Morgan fingerprint density at radius 3 is 0.419 bits per heavy atom. The minimum atomic E-state index is -5.97. The molecular formula is H15Na5O30P8. The van der Waals surface area contributed by atoms with E-state index in [9.17, 15) is 38.2 Å². The van der Waals surface area contributed by atoms with Gasteiger partial charge in [-0.05, 0) is 0 Å². The van der Waals surface area contributed by atoms with Crippen LogP contribution in [0.25, 0.3) is 0 Å². The molecule has 0 atom stereocenters. The summed E-state index contributed by atoms with van der Waals surface area (Å²) < 4.78 is 79.1. The van der Waals surface area contributed by atoms with Crippen molar-refractivity contribution < 1.29 is 291 Å². The molecule has 240 valence electrons. The molecule has 0 aliphatic heterocycles. The molecule has 0 fully saturated rings. The maximum atomic E-state index is 10.1. The van der Waals surface area contributed by atoms with Gasteiger partial charge in [-0.1, -0.05) is 0 Å². The monoisotopic (exact) mass is 858 g/mol. The Balaban J connectivity index is -0.0000000329. The normalized spacial score (nSPS) is 11.3. The van der Waals surface area contributed by atoms with Crippen LogP contribution < -0.4 is 172 Å². The summed E-state index contributed by atoms with van der Waals surface area (Å²) >= 11 is 0. The zero-order valence-corrected chi connectivity index (χ0v) is 38.6. The Morgan fingerprint density at radius 1 is 0.302 bits per heavy atom. The van der Waals surface area contributed by atoms with Gasteiger partial charge in [-0.2, -0.15) is 0 Å². The molecule has 0 aromatic carbocycles. The van der Waals surface area contributed by atoms with E-state index in [4.69, 9.17) is 96.2 Å². The summed E-state index contributed by atoms with van der Waals surface area (Å²) in [5.74, 6) is 0. The number of rotatable bonds is 4. The van der Waals surface area contributed by atoms with Crippen LogP contribution >= 0.6 is 62.6 Å². The summed E-state index contributed by atoms with van der Waals surface area (Å²) in [6.07, 6.45) is 0. The summed E-state index contributed by atoms with van der Waals surface area (Å²) in [7, 11) is -41.1. The third kappa shape index (κ3) is 314. The van der Waals surface area contributed by atoms with Crippen molar-refractivity contribution in [3.05, 3.63) is 0 Å². The van der Waals surface area contributed by atoms with Gasteiger partial charge in [0.2, 0.25) is 0 Å². The summed E-state index contributed by atoms with van der Waals surface area (Å²) in [5.41, 5.74) is 0. The fourth-order valence-corrected chi connectivity index (χ4v) is 2.61. The van der Waals surface area contributed by atoms with Crippen LogP contribution in [0, 0.1) is 0 Å². The van der Waals surface area contributed by atoms with E-state index >= 15 is 0 Å². The molecule has 0 rings (SSSR count). The number of hydrogen-bond donors (Lipinski definition) is 15. The Labute approximate surface area is 348 Å². The Kier molecular flexibility index (Phi) is 61.4. The van der Waals surface area contributed by atoms with E-state index in [1.54, 1.807) is 0 Å². The summed E-state index contributed by atoms with van der Waals surface area (Å²) in [5, 5.41) is 0. The van der Waals surface area contributed by atoms with Gasteiger partial charge in [-0.25, -0.2) is 22.8 Å². The second-order valence-electron chi connectivity index (χ2n) is 4.07. The molecule has 30 nitrogen and oxygen atoms in total. The van der Waals surface area contributed by atoms with Gasteiger partial charge < -0.3 is 107 Å². The van der Waals surface area contributed by atoms with Crippen LogP contribution in [-0.2, 0) is 45.1 Å². The smallest absolute Gasteiger partial charge is 0.790 e. The Morgan fingerprint density at radius 2 is 0.372 bits per heavy atom. The first kappa shape index (κ1) is 78.2. The van der Waals surface area contributed by atoms with E-state index in [0.717, 1.165) is 0 Å². The Bertz CT molecular complexity index is 818. The van der Waals surface area contributed by atoms with Crippen LogP contribution in [0.1, 0.15) is 0 Å². The minimum absolute atomic E-state index is 0. The molecule has 0 amide bonds. The molecule has 0 bridgehead atoms. The average molecular weight is 858 g/mol. The van der Waals surface area contributed by atoms with Crippen molar-refractivity contribution in [2.45, 2.75) is 0 Å². The van der Waals surface area contributed by atoms with Crippen molar-refractivity contribution in [3.63, 3.8) is 0 Å². The quantitative estimate of drug-likeness (QED) is 0.0922. The van der Waals surface area contributed by atoms with E-state index in [0.29, 0.717) is 0 Å². The van der Waals surface area contributed by atoms with Crippen LogP contribution in [0.3, 0.4) is 0 Å². The molecule has 0 heterocycles. The molecule has 43 heteroatoms. The molecule has 0 unspecified atom stereocenters. The minimum Gasteiger partial charge on any atom is -0.790 e. The van der Waals surface area contributed by atoms with Gasteiger partial charge in [0.25, 0.3) is 7.82 Å². The van der Waals surface area contributed by atoms with Crippen LogP contribution in [-0.4, -0.2) is 73.4 Å². The first-order chi connectivity index (χ1) is 15.4. The molecule has 0 aromatic heterocycles. The molecule has 0 radical (unpaired) electrons. The zero-order chi connectivity index (χ0) is 33.4. The molecule has 0 aliphatic rings. The topological polar surface area (TPSA) is 574 Å². The SMILES string of the molecule is O=P(O)(O)O.O=P(O)(O)O.O=P(O)(O)O.O=P(O)(O)O.O=P(O)(O)O.O=P([O-])([O-])OP(=O)([O-])OP(=O)([O-])[O-].[Na+].[Na+].[Na+].[Na+].[Na+]. The molecule has 15 N–H and O–H groups in total. The maximum Gasteiger partial charge on any atom is 1.00 e. The van der Waals surface area contributed by atoms with E-state index in [-0.39, 0.29) is 148 Å². The fourth-order valence-electron chi connectivity index (χ4n) is 0.260. The van der Waals surface area contributed by atoms with E-state index < -0.39 is 62.6 Å². The third-order valence-electron chi connectivity index (χ3n) is 0.400. The first-order valence-corrected chi connectivity index (χ1v) is 18.3. The summed E-state index contributed by atoms with van der Waals surface area (Å²) in [6, 6.07) is 0. The molecule has 0 aliphatic carbocycles. The van der Waals surface area contributed by atoms with Crippen molar-refractivity contribution in [3.8, 4) is 0 Å². The fraction of sp³-hybridized carbons (Fsp3) is 0. The molecule has 0 aromatic rings. The molecule has 43 heavy (non-hydrogen) atoms.